The number of fused-ring (bicyclic) bond motifs is 1. The number of rotatable bonds is 10. The van der Waals surface area contributed by atoms with E-state index in [9.17, 15) is 8.42 Å². The van der Waals surface area contributed by atoms with E-state index in [0.717, 1.165) is 61.1 Å². The summed E-state index contributed by atoms with van der Waals surface area (Å²) in [6, 6.07) is 39.1. The Morgan fingerprint density at radius 2 is 1.38 bits per heavy atom. The first kappa shape index (κ1) is 28.4. The number of hydrogen-bond donors (Lipinski definition) is 0. The van der Waals surface area contributed by atoms with Crippen LogP contribution in [0.1, 0.15) is 53.6 Å². The zero-order valence-corrected chi connectivity index (χ0v) is 24.9. The summed E-state index contributed by atoms with van der Waals surface area (Å²) in [5, 5.41) is 1.11. The van der Waals surface area contributed by atoms with E-state index in [1.165, 1.54) is 11.1 Å². The van der Waals surface area contributed by atoms with Gasteiger partial charge in [-0.05, 0) is 73.5 Å². The van der Waals surface area contributed by atoms with Crippen LogP contribution in [0.3, 0.4) is 0 Å². The average molecular weight is 579 g/mol. The van der Waals surface area contributed by atoms with Crippen molar-refractivity contribution in [3.8, 4) is 0 Å². The maximum atomic E-state index is 13.0. The largest absolute Gasteiger partial charge is 0.339 e. The second kappa shape index (κ2) is 12.7. The maximum absolute atomic E-state index is 13.0. The van der Waals surface area contributed by atoms with E-state index in [2.05, 4.69) is 94.4 Å². The van der Waals surface area contributed by atoms with Gasteiger partial charge in [-0.15, -0.1) is 0 Å². The van der Waals surface area contributed by atoms with Gasteiger partial charge in [0.05, 0.1) is 4.90 Å². The van der Waals surface area contributed by atoms with E-state index in [-0.39, 0.29) is 11.5 Å². The average Bonchev–Trinajstić information content (AvgIpc) is 3.40. The van der Waals surface area contributed by atoms with Gasteiger partial charge in [0.15, 0.2) is 0 Å². The van der Waals surface area contributed by atoms with Crippen molar-refractivity contribution >= 4 is 21.0 Å². The van der Waals surface area contributed by atoms with Gasteiger partial charge in [-0.2, -0.15) is 8.42 Å². The number of aromatic nitrogens is 1. The van der Waals surface area contributed by atoms with Crippen molar-refractivity contribution < 1.29 is 12.6 Å². The van der Waals surface area contributed by atoms with Gasteiger partial charge in [-0.3, -0.25) is 4.18 Å². The van der Waals surface area contributed by atoms with E-state index in [0.29, 0.717) is 12.0 Å². The van der Waals surface area contributed by atoms with E-state index in [1.54, 1.807) is 24.3 Å². The van der Waals surface area contributed by atoms with Crippen LogP contribution in [-0.4, -0.2) is 37.5 Å². The summed E-state index contributed by atoms with van der Waals surface area (Å²) < 4.78 is 33.9. The van der Waals surface area contributed by atoms with Gasteiger partial charge < -0.3 is 9.47 Å². The first-order valence-corrected chi connectivity index (χ1v) is 16.3. The van der Waals surface area contributed by atoms with Crippen LogP contribution in [0, 0.1) is 6.92 Å². The van der Waals surface area contributed by atoms with Crippen LogP contribution in [0.4, 0.5) is 0 Å². The highest BCUT2D eigenvalue weighted by Gasteiger charge is 2.26. The van der Waals surface area contributed by atoms with Gasteiger partial charge in [-0.25, -0.2) is 0 Å². The number of likely N-dealkylation sites (tertiary alicyclic amines) is 1. The highest BCUT2D eigenvalue weighted by atomic mass is 32.2. The Bertz CT molecular complexity index is 1670. The third-order valence-corrected chi connectivity index (χ3v) is 9.84. The van der Waals surface area contributed by atoms with Gasteiger partial charge in [0.2, 0.25) is 0 Å². The lowest BCUT2D eigenvalue weighted by Gasteiger charge is -2.35. The minimum absolute atomic E-state index is 0.0148. The zero-order chi connectivity index (χ0) is 28.9. The second-order valence-electron chi connectivity index (χ2n) is 11.3. The Balaban J connectivity index is 1.14. The number of piperidine rings is 1. The molecule has 6 heteroatoms. The lowest BCUT2D eigenvalue weighted by Crippen LogP contribution is -2.36. The predicted octanol–water partition coefficient (Wildman–Crippen LogP) is 7.71. The molecule has 0 unspecified atom stereocenters. The Morgan fingerprint density at radius 1 is 0.786 bits per heavy atom. The molecule has 1 aliphatic heterocycles. The van der Waals surface area contributed by atoms with E-state index in [4.69, 9.17) is 4.18 Å². The normalized spacial score (nSPS) is 15.0. The molecule has 1 aromatic heterocycles. The van der Waals surface area contributed by atoms with Crippen molar-refractivity contribution in [3.63, 3.8) is 0 Å². The summed E-state index contributed by atoms with van der Waals surface area (Å²) in [6.45, 7) is 5.01. The van der Waals surface area contributed by atoms with Crippen molar-refractivity contribution in [2.45, 2.75) is 49.6 Å². The number of nitrogens with zero attached hydrogens (tertiary/aromatic N) is 2. The Labute approximate surface area is 249 Å². The molecule has 4 aromatic carbocycles. The van der Waals surface area contributed by atoms with Crippen LogP contribution < -0.4 is 0 Å². The minimum atomic E-state index is -3.85. The first-order valence-electron chi connectivity index (χ1n) is 14.8. The van der Waals surface area contributed by atoms with Crippen LogP contribution in [0.15, 0.2) is 120 Å². The SMILES string of the molecule is Cc1ccc(S(=O)(=O)OCc2cc3ccccc3n2C2CCN(CCC(c3ccccc3)c3ccccc3)CC2)cc1. The Morgan fingerprint density at radius 3 is 2.02 bits per heavy atom. The summed E-state index contributed by atoms with van der Waals surface area (Å²) in [4.78, 5) is 2.77. The van der Waals surface area contributed by atoms with Crippen LogP contribution in [-0.2, 0) is 20.9 Å². The summed E-state index contributed by atoms with van der Waals surface area (Å²) in [7, 11) is -3.85. The molecule has 0 bridgehead atoms. The monoisotopic (exact) mass is 578 g/mol. The topological polar surface area (TPSA) is 51.5 Å². The van der Waals surface area contributed by atoms with Gasteiger partial charge in [0, 0.05) is 36.3 Å². The fourth-order valence-electron chi connectivity index (χ4n) is 6.30. The molecule has 5 nitrogen and oxygen atoms in total. The quantitative estimate of drug-likeness (QED) is 0.159. The molecule has 1 saturated heterocycles. The summed E-state index contributed by atoms with van der Waals surface area (Å²) in [5.74, 6) is 0.373. The highest BCUT2D eigenvalue weighted by Crippen LogP contribution is 2.33. The summed E-state index contributed by atoms with van der Waals surface area (Å²) >= 11 is 0. The van der Waals surface area contributed by atoms with Gasteiger partial charge >= 0.3 is 0 Å². The first-order chi connectivity index (χ1) is 20.5. The van der Waals surface area contributed by atoms with Crippen LogP contribution in [0.25, 0.3) is 10.9 Å². The lowest BCUT2D eigenvalue weighted by atomic mass is 9.88. The smallest absolute Gasteiger partial charge is 0.297 e. The van der Waals surface area contributed by atoms with Crippen molar-refractivity contribution in [2.24, 2.45) is 0 Å². The molecule has 0 amide bonds. The molecule has 0 atom stereocenters. The molecule has 5 aromatic rings. The van der Waals surface area contributed by atoms with Gasteiger partial charge in [0.1, 0.15) is 6.61 Å². The van der Waals surface area contributed by atoms with E-state index < -0.39 is 10.1 Å². The molecule has 0 N–H and O–H groups in total. The summed E-state index contributed by atoms with van der Waals surface area (Å²) in [6.07, 6.45) is 3.09. The third kappa shape index (κ3) is 6.36. The van der Waals surface area contributed by atoms with Crippen molar-refractivity contribution in [1.29, 1.82) is 0 Å². The fraction of sp³-hybridized carbons (Fsp3) is 0.278. The molecule has 2 heterocycles. The molecular formula is C36H38N2O3S. The van der Waals surface area contributed by atoms with Crippen molar-refractivity contribution in [2.75, 3.05) is 19.6 Å². The Kier molecular flexibility index (Phi) is 8.56. The Hall–Kier alpha value is -3.71. The third-order valence-electron chi connectivity index (χ3n) is 8.56. The molecule has 42 heavy (non-hydrogen) atoms. The molecule has 0 spiro atoms. The van der Waals surface area contributed by atoms with Crippen LogP contribution in [0.2, 0.25) is 0 Å². The number of aryl methyl sites for hydroxylation is 1. The molecule has 0 aliphatic carbocycles. The minimum Gasteiger partial charge on any atom is -0.339 e. The van der Waals surface area contributed by atoms with Gasteiger partial charge in [-0.1, -0.05) is 96.6 Å². The molecule has 6 rings (SSSR count). The predicted molar refractivity (Wildman–Crippen MR) is 169 cm³/mol. The molecule has 216 valence electrons. The van der Waals surface area contributed by atoms with Crippen molar-refractivity contribution in [3.05, 3.63) is 138 Å². The molecular weight excluding hydrogens is 540 g/mol. The number of hydrogen-bond acceptors (Lipinski definition) is 4. The highest BCUT2D eigenvalue weighted by molar-refractivity contribution is 7.86. The number of para-hydroxylation sites is 1. The van der Waals surface area contributed by atoms with Crippen LogP contribution in [0.5, 0.6) is 0 Å². The molecule has 0 radical (unpaired) electrons. The zero-order valence-electron chi connectivity index (χ0n) is 24.1. The number of benzene rings is 4. The van der Waals surface area contributed by atoms with Crippen LogP contribution >= 0.6 is 0 Å². The van der Waals surface area contributed by atoms with E-state index >= 15 is 0 Å². The standard InChI is InChI=1S/C36H38N2O3S/c1-28-16-18-34(19-17-28)42(39,40)41-27-33-26-31-14-8-9-15-36(31)38(33)32-20-23-37(24-21-32)25-22-35(29-10-4-2-5-11-29)30-12-6-3-7-13-30/h2-19,26,32,35H,20-25,27H2,1H3. The fourth-order valence-corrected chi connectivity index (χ4v) is 7.18. The van der Waals surface area contributed by atoms with Crippen molar-refractivity contribution in [1.82, 2.24) is 9.47 Å². The summed E-state index contributed by atoms with van der Waals surface area (Å²) in [5.41, 5.74) is 5.77. The molecule has 0 saturated carbocycles. The van der Waals surface area contributed by atoms with Gasteiger partial charge in [0.25, 0.3) is 10.1 Å². The van der Waals surface area contributed by atoms with E-state index in [1.807, 2.05) is 13.0 Å². The lowest BCUT2D eigenvalue weighted by molar-refractivity contribution is 0.180. The second-order valence-corrected chi connectivity index (χ2v) is 12.9. The molecule has 1 aliphatic rings. The maximum Gasteiger partial charge on any atom is 0.297 e. The molecule has 1 fully saturated rings.